The molecule has 0 unspecified atom stereocenters. The Bertz CT molecular complexity index is 494. The normalized spacial score (nSPS) is 12.1. The van der Waals surface area contributed by atoms with Crippen LogP contribution >= 0.6 is 0 Å². The Morgan fingerprint density at radius 1 is 1.28 bits per heavy atom. The smallest absolute Gasteiger partial charge is 0.241 e. The molecule has 0 saturated heterocycles. The first kappa shape index (κ1) is 15.1. The molecule has 0 atom stereocenters. The summed E-state index contributed by atoms with van der Waals surface area (Å²) in [5.74, 6) is 0. The molecule has 102 valence electrons. The Hall–Kier alpha value is -0.910. The predicted molar refractivity (Wildman–Crippen MR) is 73.8 cm³/mol. The summed E-state index contributed by atoms with van der Waals surface area (Å²) in [6.45, 7) is 6.08. The molecule has 0 aliphatic heterocycles. The van der Waals surface area contributed by atoms with Gasteiger partial charge in [-0.05, 0) is 37.0 Å². The van der Waals surface area contributed by atoms with Crippen molar-refractivity contribution in [3.05, 3.63) is 29.3 Å². The molecule has 18 heavy (non-hydrogen) atoms. The highest BCUT2D eigenvalue weighted by Gasteiger charge is 2.20. The fourth-order valence-corrected chi connectivity index (χ4v) is 3.50. The van der Waals surface area contributed by atoms with Crippen LogP contribution in [-0.2, 0) is 16.6 Å². The van der Waals surface area contributed by atoms with Crippen molar-refractivity contribution in [3.63, 3.8) is 0 Å². The Morgan fingerprint density at radius 3 is 2.39 bits per heavy atom. The molecule has 1 rings (SSSR count). The minimum absolute atomic E-state index is 0.0177. The van der Waals surface area contributed by atoms with Crippen molar-refractivity contribution in [3.8, 4) is 0 Å². The zero-order valence-electron chi connectivity index (χ0n) is 11.2. The monoisotopic (exact) mass is 270 g/mol. The number of aryl methyl sites for hydroxylation is 1. The van der Waals surface area contributed by atoms with Gasteiger partial charge in [0, 0.05) is 12.6 Å². The van der Waals surface area contributed by atoms with Crippen molar-refractivity contribution < 1.29 is 8.42 Å². The van der Waals surface area contributed by atoms with E-state index in [4.69, 9.17) is 5.73 Å². The number of rotatable bonds is 6. The van der Waals surface area contributed by atoms with E-state index in [1.165, 1.54) is 0 Å². The van der Waals surface area contributed by atoms with Crippen LogP contribution in [0.25, 0.3) is 0 Å². The van der Waals surface area contributed by atoms with Gasteiger partial charge in [0.2, 0.25) is 10.0 Å². The standard InChI is InChI=1S/C13H22N2O2S/c1-4-12(5-2)15-18(16,17)13-8-11(9-14)7-6-10(13)3/h6-8,12,15H,4-5,9,14H2,1-3H3. The summed E-state index contributed by atoms with van der Waals surface area (Å²) in [5, 5.41) is 0. The molecule has 0 aliphatic rings. The van der Waals surface area contributed by atoms with Crippen LogP contribution in [0.2, 0.25) is 0 Å². The van der Waals surface area contributed by atoms with Crippen molar-refractivity contribution in [2.45, 2.75) is 51.1 Å². The third-order valence-electron chi connectivity index (χ3n) is 3.09. The quantitative estimate of drug-likeness (QED) is 0.829. The van der Waals surface area contributed by atoms with Crippen molar-refractivity contribution in [2.75, 3.05) is 0 Å². The number of sulfonamides is 1. The van der Waals surface area contributed by atoms with Crippen molar-refractivity contribution in [1.29, 1.82) is 0 Å². The highest BCUT2D eigenvalue weighted by molar-refractivity contribution is 7.89. The summed E-state index contributed by atoms with van der Waals surface area (Å²) >= 11 is 0. The lowest BCUT2D eigenvalue weighted by molar-refractivity contribution is 0.529. The van der Waals surface area contributed by atoms with E-state index in [1.54, 1.807) is 19.1 Å². The predicted octanol–water partition coefficient (Wildman–Crippen LogP) is 1.92. The fourth-order valence-electron chi connectivity index (χ4n) is 1.80. The Balaban J connectivity index is 3.11. The van der Waals surface area contributed by atoms with Gasteiger partial charge in [-0.2, -0.15) is 0 Å². The van der Waals surface area contributed by atoms with Crippen LogP contribution in [0, 0.1) is 6.92 Å². The lowest BCUT2D eigenvalue weighted by Crippen LogP contribution is -2.34. The van der Waals surface area contributed by atoms with Gasteiger partial charge in [-0.15, -0.1) is 0 Å². The first-order valence-electron chi connectivity index (χ1n) is 6.26. The van der Waals surface area contributed by atoms with E-state index in [0.717, 1.165) is 24.0 Å². The molecule has 0 spiro atoms. The summed E-state index contributed by atoms with van der Waals surface area (Å²) < 4.78 is 27.3. The number of hydrogen-bond donors (Lipinski definition) is 2. The molecule has 0 aliphatic carbocycles. The second-order valence-corrected chi connectivity index (χ2v) is 6.12. The van der Waals surface area contributed by atoms with Gasteiger partial charge in [-0.25, -0.2) is 13.1 Å². The number of benzene rings is 1. The summed E-state index contributed by atoms with van der Waals surface area (Å²) in [4.78, 5) is 0.331. The molecule has 0 fully saturated rings. The number of hydrogen-bond acceptors (Lipinski definition) is 3. The second kappa shape index (κ2) is 6.31. The molecule has 0 aromatic heterocycles. The highest BCUT2D eigenvalue weighted by Crippen LogP contribution is 2.18. The van der Waals surface area contributed by atoms with Gasteiger partial charge in [-0.1, -0.05) is 26.0 Å². The molecule has 0 amide bonds. The maximum Gasteiger partial charge on any atom is 0.241 e. The molecule has 3 N–H and O–H groups in total. The molecule has 1 aromatic rings. The molecule has 0 bridgehead atoms. The topological polar surface area (TPSA) is 72.2 Å². The molecule has 1 aromatic carbocycles. The average molecular weight is 270 g/mol. The number of nitrogens with one attached hydrogen (secondary N) is 1. The van der Waals surface area contributed by atoms with E-state index in [9.17, 15) is 8.42 Å². The third kappa shape index (κ3) is 3.54. The van der Waals surface area contributed by atoms with Crippen LogP contribution < -0.4 is 10.5 Å². The zero-order chi connectivity index (χ0) is 13.8. The Labute approximate surface area is 110 Å². The molecule has 4 nitrogen and oxygen atoms in total. The van der Waals surface area contributed by atoms with Gasteiger partial charge < -0.3 is 5.73 Å². The summed E-state index contributed by atoms with van der Waals surface area (Å²) in [5.41, 5.74) is 7.12. The van der Waals surface area contributed by atoms with Crippen LogP contribution in [0.3, 0.4) is 0 Å². The van der Waals surface area contributed by atoms with E-state index >= 15 is 0 Å². The molecule has 5 heteroatoms. The van der Waals surface area contributed by atoms with Crippen molar-refractivity contribution in [1.82, 2.24) is 4.72 Å². The highest BCUT2D eigenvalue weighted by atomic mass is 32.2. The zero-order valence-corrected chi connectivity index (χ0v) is 12.0. The summed E-state index contributed by atoms with van der Waals surface area (Å²) in [7, 11) is -3.45. The fraction of sp³-hybridized carbons (Fsp3) is 0.538. The van der Waals surface area contributed by atoms with Gasteiger partial charge in [0.25, 0.3) is 0 Å². The summed E-state index contributed by atoms with van der Waals surface area (Å²) in [6, 6.07) is 5.28. The van der Waals surface area contributed by atoms with E-state index in [1.807, 2.05) is 19.9 Å². The second-order valence-electron chi connectivity index (χ2n) is 4.44. The lowest BCUT2D eigenvalue weighted by atomic mass is 10.1. The Kier molecular flexibility index (Phi) is 5.31. The molecular formula is C13H22N2O2S. The summed E-state index contributed by atoms with van der Waals surface area (Å²) in [6.07, 6.45) is 1.57. The van der Waals surface area contributed by atoms with Crippen LogP contribution in [0.4, 0.5) is 0 Å². The minimum atomic E-state index is -3.45. The van der Waals surface area contributed by atoms with E-state index in [-0.39, 0.29) is 6.04 Å². The molecular weight excluding hydrogens is 248 g/mol. The van der Waals surface area contributed by atoms with Crippen LogP contribution in [0.15, 0.2) is 23.1 Å². The van der Waals surface area contributed by atoms with Crippen LogP contribution in [-0.4, -0.2) is 14.5 Å². The van der Waals surface area contributed by atoms with Gasteiger partial charge >= 0.3 is 0 Å². The van der Waals surface area contributed by atoms with Crippen LogP contribution in [0.1, 0.15) is 37.8 Å². The van der Waals surface area contributed by atoms with E-state index in [2.05, 4.69) is 4.72 Å². The third-order valence-corrected chi connectivity index (χ3v) is 4.75. The largest absolute Gasteiger partial charge is 0.326 e. The van der Waals surface area contributed by atoms with Gasteiger partial charge in [0.15, 0.2) is 0 Å². The van der Waals surface area contributed by atoms with Gasteiger partial charge in [0.05, 0.1) is 4.90 Å². The van der Waals surface area contributed by atoms with Gasteiger partial charge in [0.1, 0.15) is 0 Å². The maximum absolute atomic E-state index is 12.3. The minimum Gasteiger partial charge on any atom is -0.326 e. The lowest BCUT2D eigenvalue weighted by Gasteiger charge is -2.16. The average Bonchev–Trinajstić information content (AvgIpc) is 2.36. The first-order chi connectivity index (χ1) is 8.44. The molecule has 0 radical (unpaired) electrons. The molecule has 0 heterocycles. The van der Waals surface area contributed by atoms with E-state index in [0.29, 0.717) is 11.4 Å². The Morgan fingerprint density at radius 2 is 1.89 bits per heavy atom. The van der Waals surface area contributed by atoms with E-state index < -0.39 is 10.0 Å². The van der Waals surface area contributed by atoms with Gasteiger partial charge in [-0.3, -0.25) is 0 Å². The maximum atomic E-state index is 12.3. The van der Waals surface area contributed by atoms with Crippen molar-refractivity contribution >= 4 is 10.0 Å². The number of nitrogens with two attached hydrogens (primary N) is 1. The first-order valence-corrected chi connectivity index (χ1v) is 7.74. The van der Waals surface area contributed by atoms with Crippen molar-refractivity contribution in [2.24, 2.45) is 5.73 Å². The SMILES string of the molecule is CCC(CC)NS(=O)(=O)c1cc(CN)ccc1C. The van der Waals surface area contributed by atoms with Crippen LogP contribution in [0.5, 0.6) is 0 Å². The molecule has 0 saturated carbocycles.